The maximum absolute atomic E-state index is 14.5. The van der Waals surface area contributed by atoms with Crippen molar-refractivity contribution in [3.63, 3.8) is 0 Å². The smallest absolute Gasteiger partial charge is 0.183 e. The van der Waals surface area contributed by atoms with Gasteiger partial charge in [0.2, 0.25) is 0 Å². The van der Waals surface area contributed by atoms with Gasteiger partial charge in [-0.25, -0.2) is 0 Å². The average molecular weight is 621 g/mol. The van der Waals surface area contributed by atoms with Crippen molar-refractivity contribution >= 4 is 29.4 Å². The maximum atomic E-state index is 14.5. The second-order valence-corrected chi connectivity index (χ2v) is 16.6. The van der Waals surface area contributed by atoms with Crippen LogP contribution >= 0.6 is 0 Å². The summed E-state index contributed by atoms with van der Waals surface area (Å²) < 4.78 is 13.0. The minimum absolute atomic E-state index is 0.200. The molecule has 0 heterocycles. The zero-order valence-corrected chi connectivity index (χ0v) is 27.2. The lowest BCUT2D eigenvalue weighted by Crippen LogP contribution is -2.69. The van der Waals surface area contributed by atoms with Gasteiger partial charge in [0, 0.05) is 11.8 Å². The molecule has 1 unspecified atom stereocenters. The SMILES string of the molecule is O=C1CC2CC(COCc3ccccc3)(COCc3ccccc3)CC2=C1[Si](c1ccccc1)(c1ccccc1)c1ccccc1. The van der Waals surface area contributed by atoms with Crippen LogP contribution in [0.2, 0.25) is 0 Å². The van der Waals surface area contributed by atoms with Gasteiger partial charge in [-0.05, 0) is 50.6 Å². The summed E-state index contributed by atoms with van der Waals surface area (Å²) in [6, 6.07) is 53.2. The van der Waals surface area contributed by atoms with E-state index in [0.717, 1.165) is 18.0 Å². The van der Waals surface area contributed by atoms with Gasteiger partial charge in [-0.15, -0.1) is 0 Å². The van der Waals surface area contributed by atoms with Gasteiger partial charge >= 0.3 is 0 Å². The Labute approximate surface area is 273 Å². The summed E-state index contributed by atoms with van der Waals surface area (Å²) in [5.41, 5.74) is 3.46. The van der Waals surface area contributed by atoms with Crippen LogP contribution in [0.25, 0.3) is 0 Å². The Balaban J connectivity index is 1.32. The Hall–Kier alpha value is -4.35. The predicted molar refractivity (Wildman–Crippen MR) is 188 cm³/mol. The molecule has 1 saturated carbocycles. The third-order valence-corrected chi connectivity index (χ3v) is 14.8. The first-order valence-electron chi connectivity index (χ1n) is 16.3. The van der Waals surface area contributed by atoms with E-state index >= 15 is 0 Å². The van der Waals surface area contributed by atoms with Crippen LogP contribution in [0.3, 0.4) is 0 Å². The number of carbonyl (C=O) groups is 1. The highest BCUT2D eigenvalue weighted by Gasteiger charge is 2.55. The van der Waals surface area contributed by atoms with Gasteiger partial charge in [-0.2, -0.15) is 0 Å². The fourth-order valence-electron chi connectivity index (χ4n) is 7.89. The third kappa shape index (κ3) is 5.96. The first-order chi connectivity index (χ1) is 22.7. The Bertz CT molecular complexity index is 1630. The van der Waals surface area contributed by atoms with E-state index in [0.29, 0.717) is 38.6 Å². The number of hydrogen-bond acceptors (Lipinski definition) is 3. The minimum atomic E-state index is -2.92. The van der Waals surface area contributed by atoms with Gasteiger partial charge in [0.15, 0.2) is 13.9 Å². The molecule has 3 nitrogen and oxygen atoms in total. The lowest BCUT2D eigenvalue weighted by Gasteiger charge is -2.36. The lowest BCUT2D eigenvalue weighted by atomic mass is 9.86. The van der Waals surface area contributed by atoms with Crippen molar-refractivity contribution in [1.29, 1.82) is 0 Å². The fourth-order valence-corrected chi connectivity index (χ4v) is 13.1. The monoisotopic (exact) mass is 620 g/mol. The molecule has 230 valence electrons. The van der Waals surface area contributed by atoms with E-state index in [1.54, 1.807) is 0 Å². The van der Waals surface area contributed by atoms with Crippen molar-refractivity contribution < 1.29 is 14.3 Å². The zero-order valence-electron chi connectivity index (χ0n) is 26.2. The van der Waals surface area contributed by atoms with E-state index < -0.39 is 8.07 Å². The number of rotatable bonds is 12. The molecular weight excluding hydrogens is 581 g/mol. The van der Waals surface area contributed by atoms with Crippen molar-refractivity contribution in [3.05, 3.63) is 174 Å². The zero-order chi connectivity index (χ0) is 31.2. The number of carbonyl (C=O) groups excluding carboxylic acids is 1. The molecule has 0 aliphatic heterocycles. The van der Waals surface area contributed by atoms with Crippen molar-refractivity contribution in [2.75, 3.05) is 13.2 Å². The normalized spacial score (nSPS) is 17.3. The van der Waals surface area contributed by atoms with Gasteiger partial charge in [-0.1, -0.05) is 157 Å². The molecule has 1 fully saturated rings. The van der Waals surface area contributed by atoms with Gasteiger partial charge in [0.1, 0.15) is 0 Å². The first-order valence-corrected chi connectivity index (χ1v) is 18.3. The average Bonchev–Trinajstić information content (AvgIpc) is 3.60. The van der Waals surface area contributed by atoms with Crippen molar-refractivity contribution in [1.82, 2.24) is 0 Å². The van der Waals surface area contributed by atoms with Crippen LogP contribution in [-0.4, -0.2) is 27.1 Å². The van der Waals surface area contributed by atoms with E-state index in [9.17, 15) is 4.79 Å². The van der Waals surface area contributed by atoms with Gasteiger partial charge in [0.25, 0.3) is 0 Å². The van der Waals surface area contributed by atoms with Crippen LogP contribution in [0.5, 0.6) is 0 Å². The molecule has 5 aromatic rings. The summed E-state index contributed by atoms with van der Waals surface area (Å²) >= 11 is 0. The second-order valence-electron chi connectivity index (χ2n) is 12.9. The molecular formula is C42H40O3Si. The Kier molecular flexibility index (Phi) is 8.93. The van der Waals surface area contributed by atoms with Crippen molar-refractivity contribution in [2.24, 2.45) is 11.3 Å². The Morgan fingerprint density at radius 2 is 0.957 bits per heavy atom. The summed E-state index contributed by atoms with van der Waals surface area (Å²) in [6.07, 6.45) is 2.26. The molecule has 4 heteroatoms. The highest BCUT2D eigenvalue weighted by Crippen LogP contribution is 2.53. The van der Waals surface area contributed by atoms with Crippen LogP contribution in [0.4, 0.5) is 0 Å². The topological polar surface area (TPSA) is 35.5 Å². The molecule has 0 radical (unpaired) electrons. The molecule has 46 heavy (non-hydrogen) atoms. The number of fused-ring (bicyclic) bond motifs is 1. The van der Waals surface area contributed by atoms with Gasteiger partial charge in [-0.3, -0.25) is 4.79 Å². The fraction of sp³-hybridized carbons (Fsp3) is 0.214. The van der Waals surface area contributed by atoms with Crippen molar-refractivity contribution in [2.45, 2.75) is 32.5 Å². The molecule has 0 aromatic heterocycles. The van der Waals surface area contributed by atoms with E-state index in [2.05, 4.69) is 140 Å². The highest BCUT2D eigenvalue weighted by atomic mass is 28.3. The molecule has 0 spiro atoms. The molecule has 2 aliphatic rings. The quantitative estimate of drug-likeness (QED) is 0.114. The number of benzene rings is 5. The molecule has 1 atom stereocenters. The summed E-state index contributed by atoms with van der Waals surface area (Å²) in [4.78, 5) is 14.5. The number of ether oxygens (including phenoxy) is 2. The van der Waals surface area contributed by atoms with E-state index in [4.69, 9.17) is 9.47 Å². The largest absolute Gasteiger partial charge is 0.376 e. The van der Waals surface area contributed by atoms with Gasteiger partial charge in [0.05, 0.1) is 26.4 Å². The molecule has 0 amide bonds. The van der Waals surface area contributed by atoms with E-state index in [1.807, 2.05) is 12.1 Å². The molecule has 2 aliphatic carbocycles. The number of allylic oxidation sites excluding steroid dienone is 2. The highest BCUT2D eigenvalue weighted by molar-refractivity contribution is 7.18. The number of hydrogen-bond donors (Lipinski definition) is 0. The van der Waals surface area contributed by atoms with Gasteiger partial charge < -0.3 is 9.47 Å². The number of ketones is 1. The first kappa shape index (κ1) is 30.3. The lowest BCUT2D eigenvalue weighted by molar-refractivity contribution is -0.115. The standard InChI is InChI=1S/C42H40O3Si/c43-40-26-35-27-42(31-44-29-33-16-6-1-7-17-33,32-45-30-34-18-8-2-9-19-34)28-39(35)41(40)46(36-20-10-3-11-21-36,37-22-12-4-13-23-37)38-24-14-5-15-25-38/h1-25,35H,26-32H2. The van der Waals surface area contributed by atoms with Crippen LogP contribution in [0, 0.1) is 11.3 Å². The van der Waals surface area contributed by atoms with Crippen LogP contribution in [0.1, 0.15) is 30.4 Å². The Morgan fingerprint density at radius 1 is 0.565 bits per heavy atom. The van der Waals surface area contributed by atoms with Crippen molar-refractivity contribution in [3.8, 4) is 0 Å². The van der Waals surface area contributed by atoms with Crippen LogP contribution in [-0.2, 0) is 27.5 Å². The molecule has 0 N–H and O–H groups in total. The predicted octanol–water partition coefficient (Wildman–Crippen LogP) is 6.80. The van der Waals surface area contributed by atoms with E-state index in [-0.39, 0.29) is 11.3 Å². The third-order valence-electron chi connectivity index (χ3n) is 9.80. The minimum Gasteiger partial charge on any atom is -0.376 e. The second kappa shape index (κ2) is 13.6. The molecule has 7 rings (SSSR count). The Morgan fingerprint density at radius 3 is 1.37 bits per heavy atom. The summed E-state index contributed by atoms with van der Waals surface area (Å²) in [5, 5.41) is 4.83. The number of Topliss-reactive ketones (excluding diaryl/α,β-unsaturated/α-hetero) is 1. The molecule has 0 saturated heterocycles. The maximum Gasteiger partial charge on any atom is 0.183 e. The summed E-state index contributed by atoms with van der Waals surface area (Å²) in [7, 11) is -2.92. The molecule has 0 bridgehead atoms. The van der Waals surface area contributed by atoms with Crippen LogP contribution < -0.4 is 15.6 Å². The van der Waals surface area contributed by atoms with Crippen LogP contribution in [0.15, 0.2) is 162 Å². The summed E-state index contributed by atoms with van der Waals surface area (Å²) in [5.74, 6) is 0.512. The molecule has 5 aromatic carbocycles. The van der Waals surface area contributed by atoms with E-state index in [1.165, 1.54) is 32.3 Å². The summed E-state index contributed by atoms with van der Waals surface area (Å²) in [6.45, 7) is 2.31.